The molecule has 3 heterocycles. The van der Waals surface area contributed by atoms with Crippen LogP contribution in [0.4, 0.5) is 11.5 Å². The quantitative estimate of drug-likeness (QED) is 0.819. The van der Waals surface area contributed by atoms with Crippen LogP contribution in [-0.4, -0.2) is 30.2 Å². The number of piperazine rings is 1. The number of anilines is 2. The van der Waals surface area contributed by atoms with E-state index in [0.717, 1.165) is 29.0 Å². The van der Waals surface area contributed by atoms with Crippen LogP contribution in [0, 0.1) is 0 Å². The van der Waals surface area contributed by atoms with E-state index in [4.69, 9.17) is 23.2 Å². The zero-order chi connectivity index (χ0) is 15.1. The minimum Gasteiger partial charge on any atom is -0.362 e. The van der Waals surface area contributed by atoms with Crippen LogP contribution in [-0.2, 0) is 0 Å². The minimum atomic E-state index is 0.512. The average molecular weight is 334 g/mol. The van der Waals surface area contributed by atoms with Gasteiger partial charge in [-0.3, -0.25) is 0 Å². The Kier molecular flexibility index (Phi) is 3.63. The Morgan fingerprint density at radius 2 is 1.64 bits per heavy atom. The van der Waals surface area contributed by atoms with Gasteiger partial charge in [-0.15, -0.1) is 0 Å². The molecule has 2 fully saturated rings. The first kappa shape index (κ1) is 14.2. The van der Waals surface area contributed by atoms with E-state index in [1.807, 2.05) is 30.5 Å². The zero-order valence-electron chi connectivity index (χ0n) is 12.1. The van der Waals surface area contributed by atoms with E-state index >= 15 is 0 Å². The third-order valence-corrected chi connectivity index (χ3v) is 5.19. The van der Waals surface area contributed by atoms with Crippen LogP contribution in [0.1, 0.15) is 12.8 Å². The molecule has 4 rings (SSSR count). The van der Waals surface area contributed by atoms with Crippen molar-refractivity contribution in [3.8, 4) is 0 Å². The van der Waals surface area contributed by atoms with Crippen LogP contribution in [0.3, 0.4) is 0 Å². The smallest absolute Gasteiger partial charge is 0.147 e. The van der Waals surface area contributed by atoms with E-state index < -0.39 is 0 Å². The van der Waals surface area contributed by atoms with Crippen molar-refractivity contribution in [2.45, 2.75) is 24.9 Å². The van der Waals surface area contributed by atoms with Crippen molar-refractivity contribution in [2.24, 2.45) is 0 Å². The molecule has 3 nitrogen and oxygen atoms in total. The van der Waals surface area contributed by atoms with Crippen LogP contribution in [0.2, 0.25) is 10.0 Å². The number of hydrogen-bond acceptors (Lipinski definition) is 3. The maximum absolute atomic E-state index is 6.31. The molecule has 0 spiro atoms. The van der Waals surface area contributed by atoms with Crippen molar-refractivity contribution >= 4 is 34.7 Å². The van der Waals surface area contributed by atoms with E-state index in [9.17, 15) is 0 Å². The fraction of sp³-hybridized carbons (Fsp3) is 0.353. The van der Waals surface area contributed by atoms with Crippen molar-refractivity contribution in [1.29, 1.82) is 0 Å². The van der Waals surface area contributed by atoms with Crippen molar-refractivity contribution in [3.05, 3.63) is 52.6 Å². The van der Waals surface area contributed by atoms with E-state index in [2.05, 4.69) is 26.9 Å². The van der Waals surface area contributed by atoms with Crippen molar-refractivity contribution in [1.82, 2.24) is 4.98 Å². The summed E-state index contributed by atoms with van der Waals surface area (Å²) in [4.78, 5) is 9.34. The number of hydrogen-bond donors (Lipinski definition) is 0. The van der Waals surface area contributed by atoms with Crippen LogP contribution >= 0.6 is 23.2 Å². The van der Waals surface area contributed by atoms with Gasteiger partial charge >= 0.3 is 0 Å². The number of fused-ring (bicyclic) bond motifs is 2. The molecule has 0 N–H and O–H groups in total. The monoisotopic (exact) mass is 333 g/mol. The van der Waals surface area contributed by atoms with E-state index in [1.54, 1.807) is 0 Å². The Bertz CT molecular complexity index is 660. The Balaban J connectivity index is 1.59. The third kappa shape index (κ3) is 2.42. The molecule has 0 amide bonds. The molecule has 1 aromatic heterocycles. The van der Waals surface area contributed by atoms with Gasteiger partial charge in [0, 0.05) is 42.1 Å². The molecular weight excluding hydrogens is 317 g/mol. The summed E-state index contributed by atoms with van der Waals surface area (Å²) in [5.74, 6) is 0.914. The molecule has 0 aliphatic carbocycles. The van der Waals surface area contributed by atoms with Gasteiger partial charge < -0.3 is 9.80 Å². The second kappa shape index (κ2) is 5.64. The normalized spacial score (nSPS) is 23.9. The summed E-state index contributed by atoms with van der Waals surface area (Å²) in [6, 6.07) is 13.0. The Labute approximate surface area is 140 Å². The number of nitrogens with zero attached hydrogens (tertiary/aromatic N) is 3. The van der Waals surface area contributed by atoms with Gasteiger partial charge in [0.25, 0.3) is 0 Å². The number of aromatic nitrogens is 1. The minimum absolute atomic E-state index is 0.512. The summed E-state index contributed by atoms with van der Waals surface area (Å²) in [5.41, 5.74) is 1.27. The molecule has 5 heteroatoms. The zero-order valence-corrected chi connectivity index (χ0v) is 13.6. The lowest BCUT2D eigenvalue weighted by molar-refractivity contribution is 0.532. The van der Waals surface area contributed by atoms with Crippen molar-refractivity contribution < 1.29 is 0 Å². The molecule has 2 aliphatic rings. The van der Waals surface area contributed by atoms with E-state index in [0.29, 0.717) is 12.1 Å². The van der Waals surface area contributed by atoms with Gasteiger partial charge in [0.2, 0.25) is 0 Å². The summed E-state index contributed by atoms with van der Waals surface area (Å²) in [6.07, 6.45) is 4.25. The first-order valence-electron chi connectivity index (χ1n) is 7.62. The molecule has 2 bridgehead atoms. The summed E-state index contributed by atoms with van der Waals surface area (Å²) < 4.78 is 0. The predicted octanol–water partition coefficient (Wildman–Crippen LogP) is 4.25. The molecule has 114 valence electrons. The molecular formula is C17H17Cl2N3. The number of halogens is 2. The molecule has 1 aromatic carbocycles. The molecule has 2 saturated heterocycles. The molecule has 22 heavy (non-hydrogen) atoms. The standard InChI is InChI=1S/C17H17Cl2N3/c18-12-3-5-13(6-4-12)22-14-7-8-15(22)11-21(10-14)17-16(19)2-1-9-20-17/h1-6,9,14-15H,7-8,10-11H2. The highest BCUT2D eigenvalue weighted by molar-refractivity contribution is 6.33. The van der Waals surface area contributed by atoms with Gasteiger partial charge in [-0.2, -0.15) is 0 Å². The van der Waals surface area contributed by atoms with Gasteiger partial charge in [-0.25, -0.2) is 4.98 Å². The van der Waals surface area contributed by atoms with Gasteiger partial charge in [0.1, 0.15) is 5.82 Å². The SMILES string of the molecule is Clc1ccc(N2C3CCC2CN(c2ncccc2Cl)C3)cc1. The maximum atomic E-state index is 6.31. The summed E-state index contributed by atoms with van der Waals surface area (Å²) in [7, 11) is 0. The highest BCUT2D eigenvalue weighted by Gasteiger charge is 2.40. The molecule has 2 aromatic rings. The third-order valence-electron chi connectivity index (χ3n) is 4.65. The van der Waals surface area contributed by atoms with Gasteiger partial charge in [-0.1, -0.05) is 23.2 Å². The second-order valence-electron chi connectivity index (χ2n) is 5.98. The van der Waals surface area contributed by atoms with Crippen molar-refractivity contribution in [3.63, 3.8) is 0 Å². The summed E-state index contributed by atoms with van der Waals surface area (Å²) in [5, 5.41) is 1.52. The highest BCUT2D eigenvalue weighted by atomic mass is 35.5. The summed E-state index contributed by atoms with van der Waals surface area (Å²) >= 11 is 12.3. The lowest BCUT2D eigenvalue weighted by Crippen LogP contribution is -2.54. The Morgan fingerprint density at radius 1 is 0.955 bits per heavy atom. The van der Waals surface area contributed by atoms with Gasteiger partial charge in [0.15, 0.2) is 0 Å². The Hall–Kier alpha value is -1.45. The topological polar surface area (TPSA) is 19.4 Å². The first-order chi connectivity index (χ1) is 10.7. The largest absolute Gasteiger partial charge is 0.362 e. The highest BCUT2D eigenvalue weighted by Crippen LogP contribution is 2.37. The van der Waals surface area contributed by atoms with Crippen LogP contribution < -0.4 is 9.80 Å². The van der Waals surface area contributed by atoms with Crippen LogP contribution in [0.5, 0.6) is 0 Å². The molecule has 0 saturated carbocycles. The van der Waals surface area contributed by atoms with Crippen molar-refractivity contribution in [2.75, 3.05) is 22.9 Å². The van der Waals surface area contributed by atoms with Crippen LogP contribution in [0.25, 0.3) is 0 Å². The van der Waals surface area contributed by atoms with Gasteiger partial charge in [-0.05, 0) is 49.2 Å². The second-order valence-corrected chi connectivity index (χ2v) is 6.83. The lowest BCUT2D eigenvalue weighted by atomic mass is 10.1. The predicted molar refractivity (Wildman–Crippen MR) is 92.2 cm³/mol. The van der Waals surface area contributed by atoms with E-state index in [-0.39, 0.29) is 0 Å². The number of pyridine rings is 1. The number of rotatable bonds is 2. The lowest BCUT2D eigenvalue weighted by Gasteiger charge is -2.43. The summed E-state index contributed by atoms with van der Waals surface area (Å²) in [6.45, 7) is 1.94. The molecule has 2 aliphatic heterocycles. The van der Waals surface area contributed by atoms with Crippen LogP contribution in [0.15, 0.2) is 42.6 Å². The fourth-order valence-corrected chi connectivity index (χ4v) is 4.09. The van der Waals surface area contributed by atoms with E-state index in [1.165, 1.54) is 18.5 Å². The van der Waals surface area contributed by atoms with Gasteiger partial charge in [0.05, 0.1) is 5.02 Å². The molecule has 2 unspecified atom stereocenters. The molecule has 0 radical (unpaired) electrons. The average Bonchev–Trinajstić information content (AvgIpc) is 2.79. The molecule has 2 atom stereocenters. The first-order valence-corrected chi connectivity index (χ1v) is 8.37. The maximum Gasteiger partial charge on any atom is 0.147 e. The Morgan fingerprint density at radius 3 is 2.27 bits per heavy atom. The fourth-order valence-electron chi connectivity index (χ4n) is 3.72. The number of benzene rings is 1.